The number of hydrogen-bond acceptors (Lipinski definition) is 1. The molecule has 0 unspecified atom stereocenters. The zero-order chi connectivity index (χ0) is 41.3. The van der Waals surface area contributed by atoms with Gasteiger partial charge in [-0.2, -0.15) is 0 Å². The van der Waals surface area contributed by atoms with Gasteiger partial charge in [-0.3, -0.25) is 0 Å². The predicted octanol–water partition coefficient (Wildman–Crippen LogP) is 15.9. The topological polar surface area (TPSA) is 9.86 Å². The molecule has 62 heavy (non-hydrogen) atoms. The van der Waals surface area contributed by atoms with Crippen LogP contribution in [0.1, 0.15) is 48.6 Å². The molecule has 0 spiro atoms. The summed E-state index contributed by atoms with van der Waals surface area (Å²) in [4.78, 5) is 0. The first-order valence-electron chi connectivity index (χ1n) is 21.7. The number of fused-ring (bicyclic) bond motifs is 12. The highest BCUT2D eigenvalue weighted by molar-refractivity contribution is 7.25. The maximum absolute atomic E-state index is 2.51. The minimum absolute atomic E-state index is 0.0854. The van der Waals surface area contributed by atoms with Gasteiger partial charge in [0.1, 0.15) is 0 Å². The summed E-state index contributed by atoms with van der Waals surface area (Å²) in [6.45, 7) is 6.84. The molecule has 0 amide bonds. The van der Waals surface area contributed by atoms with Gasteiger partial charge in [-0.15, -0.1) is 11.3 Å². The van der Waals surface area contributed by atoms with Gasteiger partial charge in [-0.25, -0.2) is 0 Å². The number of aromatic nitrogens is 2. The number of thiophene rings is 1. The van der Waals surface area contributed by atoms with Crippen LogP contribution in [0, 0.1) is 0 Å². The summed E-state index contributed by atoms with van der Waals surface area (Å²) in [5.41, 5.74) is 15.8. The zero-order valence-corrected chi connectivity index (χ0v) is 35.7. The third-order valence-corrected chi connectivity index (χ3v) is 14.9. The minimum atomic E-state index is -0.565. The van der Waals surface area contributed by atoms with Crippen molar-refractivity contribution in [1.29, 1.82) is 0 Å². The summed E-state index contributed by atoms with van der Waals surface area (Å²) in [6, 6.07) is 75.6. The number of nitrogens with zero attached hydrogens (tertiary/aromatic N) is 2. The van der Waals surface area contributed by atoms with Crippen molar-refractivity contribution >= 4 is 75.1 Å². The summed E-state index contributed by atoms with van der Waals surface area (Å²) in [6.07, 6.45) is 0. The molecule has 0 fully saturated rings. The molecule has 3 aromatic heterocycles. The second-order valence-electron chi connectivity index (χ2n) is 18.1. The molecule has 13 rings (SSSR count). The Morgan fingerprint density at radius 1 is 0.371 bits per heavy atom. The molecule has 0 N–H and O–H groups in total. The van der Waals surface area contributed by atoms with Gasteiger partial charge in [-0.1, -0.05) is 148 Å². The molecule has 0 atom stereocenters. The van der Waals surface area contributed by atoms with Crippen LogP contribution in [0.15, 0.2) is 200 Å². The van der Waals surface area contributed by atoms with Crippen molar-refractivity contribution in [2.75, 3.05) is 0 Å². The Kier molecular flexibility index (Phi) is 7.40. The van der Waals surface area contributed by atoms with Crippen LogP contribution in [-0.4, -0.2) is 9.13 Å². The lowest BCUT2D eigenvalue weighted by Crippen LogP contribution is -2.28. The average Bonchev–Trinajstić information content (AvgIpc) is 4.04. The van der Waals surface area contributed by atoms with E-state index in [4.69, 9.17) is 0 Å². The van der Waals surface area contributed by atoms with Crippen molar-refractivity contribution in [2.45, 2.75) is 31.6 Å². The molecular weight excluding hydrogens is 769 g/mol. The maximum atomic E-state index is 2.51. The lowest BCUT2D eigenvalue weighted by Gasteiger charge is -2.34. The van der Waals surface area contributed by atoms with Crippen molar-refractivity contribution in [3.05, 3.63) is 228 Å². The quantitative estimate of drug-likeness (QED) is 0.168. The van der Waals surface area contributed by atoms with Gasteiger partial charge in [0.2, 0.25) is 0 Å². The fourth-order valence-corrected chi connectivity index (χ4v) is 12.0. The lowest BCUT2D eigenvalue weighted by atomic mass is 9.67. The van der Waals surface area contributed by atoms with E-state index >= 15 is 0 Å². The normalized spacial score (nSPS) is 13.5. The highest BCUT2D eigenvalue weighted by Gasteiger charge is 2.46. The van der Waals surface area contributed by atoms with Gasteiger partial charge >= 0.3 is 0 Å². The molecule has 0 saturated carbocycles. The van der Waals surface area contributed by atoms with Gasteiger partial charge in [0, 0.05) is 53.1 Å². The molecule has 2 nitrogen and oxygen atoms in total. The van der Waals surface area contributed by atoms with Crippen LogP contribution in [0.4, 0.5) is 0 Å². The largest absolute Gasteiger partial charge is 0.309 e. The first kappa shape index (κ1) is 35.5. The van der Waals surface area contributed by atoms with E-state index in [0.717, 1.165) is 0 Å². The van der Waals surface area contributed by atoms with E-state index in [2.05, 4.69) is 230 Å². The molecule has 9 aromatic carbocycles. The van der Waals surface area contributed by atoms with E-state index in [-0.39, 0.29) is 5.41 Å². The Morgan fingerprint density at radius 3 is 1.44 bits per heavy atom. The van der Waals surface area contributed by atoms with Gasteiger partial charge in [-0.05, 0) is 117 Å². The van der Waals surface area contributed by atoms with Crippen LogP contribution in [0.3, 0.4) is 0 Å². The summed E-state index contributed by atoms with van der Waals surface area (Å²) in [7, 11) is 0. The van der Waals surface area contributed by atoms with E-state index in [9.17, 15) is 0 Å². The van der Waals surface area contributed by atoms with Crippen molar-refractivity contribution in [2.24, 2.45) is 0 Å². The van der Waals surface area contributed by atoms with Crippen LogP contribution in [0.25, 0.3) is 86.3 Å². The fourth-order valence-electron chi connectivity index (χ4n) is 11.0. The van der Waals surface area contributed by atoms with Gasteiger partial charge in [0.25, 0.3) is 0 Å². The van der Waals surface area contributed by atoms with Crippen LogP contribution in [-0.2, 0) is 10.8 Å². The molecule has 0 saturated heterocycles. The predicted molar refractivity (Wildman–Crippen MR) is 264 cm³/mol. The molecular formula is C59H42N2S. The number of rotatable bonds is 4. The number of para-hydroxylation sites is 2. The van der Waals surface area contributed by atoms with Crippen LogP contribution >= 0.6 is 11.3 Å². The summed E-state index contributed by atoms with van der Waals surface area (Å²) < 4.78 is 7.56. The van der Waals surface area contributed by atoms with Crippen molar-refractivity contribution < 1.29 is 0 Å². The molecule has 1 aliphatic rings. The Morgan fingerprint density at radius 2 is 0.839 bits per heavy atom. The van der Waals surface area contributed by atoms with Gasteiger partial charge in [0.05, 0.1) is 27.5 Å². The molecule has 1 aliphatic carbocycles. The summed E-state index contributed by atoms with van der Waals surface area (Å²) in [5.74, 6) is 0. The molecule has 0 aliphatic heterocycles. The fraction of sp³-hybridized carbons (Fsp3) is 0.0847. The smallest absolute Gasteiger partial charge is 0.0714 e. The lowest BCUT2D eigenvalue weighted by molar-refractivity contribution is 0.590. The molecule has 294 valence electrons. The molecule has 3 heterocycles. The van der Waals surface area contributed by atoms with E-state index in [1.807, 2.05) is 11.3 Å². The third-order valence-electron chi connectivity index (χ3n) is 13.8. The third kappa shape index (κ3) is 4.86. The first-order valence-corrected chi connectivity index (χ1v) is 22.5. The highest BCUT2D eigenvalue weighted by atomic mass is 32.1. The standard InChI is InChI=1S/C59H42N2S/c1-58(2,3)37-24-28-40(29-25-37)60-52-21-11-6-16-44(52)47-34-38(26-31-54(47)60)59(50-19-9-4-14-42(50)43-15-5-10-20-51(43)59)39-27-32-55-48(35-39)45-17-7-12-22-53(45)61(55)41-30-33-57-49(36-41)46-18-8-13-23-56(46)62-57/h4-36H,1-3H3. The number of hydrogen-bond donors (Lipinski definition) is 0. The SMILES string of the molecule is CC(C)(C)c1ccc(-n2c3ccccc3c3cc(C4(c5ccc6c(c5)c5ccccc5n6-c5ccc6sc7ccccc7c6c5)c5ccccc5-c5ccccc54)ccc32)cc1. The van der Waals surface area contributed by atoms with E-state index in [1.54, 1.807) is 0 Å². The van der Waals surface area contributed by atoms with Crippen LogP contribution in [0.2, 0.25) is 0 Å². The van der Waals surface area contributed by atoms with Gasteiger partial charge in [0.15, 0.2) is 0 Å². The van der Waals surface area contributed by atoms with Gasteiger partial charge < -0.3 is 9.13 Å². The average molecular weight is 811 g/mol. The maximum Gasteiger partial charge on any atom is 0.0714 e. The van der Waals surface area contributed by atoms with Crippen LogP contribution < -0.4 is 0 Å². The first-order chi connectivity index (χ1) is 30.4. The highest BCUT2D eigenvalue weighted by Crippen LogP contribution is 2.57. The monoisotopic (exact) mass is 810 g/mol. The van der Waals surface area contributed by atoms with E-state index in [1.165, 1.54) is 114 Å². The minimum Gasteiger partial charge on any atom is -0.309 e. The van der Waals surface area contributed by atoms with Crippen molar-refractivity contribution in [3.63, 3.8) is 0 Å². The molecule has 0 radical (unpaired) electrons. The van der Waals surface area contributed by atoms with Crippen LogP contribution in [0.5, 0.6) is 0 Å². The Bertz CT molecular complexity index is 3750. The number of benzene rings is 9. The Balaban J connectivity index is 1.08. The molecule has 3 heteroatoms. The second kappa shape index (κ2) is 12.9. The summed E-state index contributed by atoms with van der Waals surface area (Å²) in [5, 5.41) is 7.65. The zero-order valence-electron chi connectivity index (χ0n) is 34.9. The van der Waals surface area contributed by atoms with E-state index < -0.39 is 5.41 Å². The van der Waals surface area contributed by atoms with E-state index in [0.29, 0.717) is 0 Å². The second-order valence-corrected chi connectivity index (χ2v) is 19.2. The Hall–Kier alpha value is -7.20. The summed E-state index contributed by atoms with van der Waals surface area (Å²) >= 11 is 1.87. The Labute approximate surface area is 364 Å². The molecule has 12 aromatic rings. The van der Waals surface area contributed by atoms with Crippen molar-refractivity contribution in [3.8, 4) is 22.5 Å². The molecule has 0 bridgehead atoms. The van der Waals surface area contributed by atoms with Crippen molar-refractivity contribution in [1.82, 2.24) is 9.13 Å².